The smallest absolute Gasteiger partial charge is 0.258 e. The molecule has 0 spiro atoms. The van der Waals surface area contributed by atoms with Gasteiger partial charge in [0, 0.05) is 37.5 Å². The normalized spacial score (nSPS) is 11.1. The van der Waals surface area contributed by atoms with Gasteiger partial charge in [0.25, 0.3) is 11.5 Å². The van der Waals surface area contributed by atoms with Gasteiger partial charge in [-0.25, -0.2) is 4.98 Å². The molecule has 6 heteroatoms. The summed E-state index contributed by atoms with van der Waals surface area (Å²) in [5.74, 6) is -0.0963. The zero-order chi connectivity index (χ0) is 18.7. The number of benzene rings is 1. The Hall–Kier alpha value is -2.99. The molecule has 2 aromatic heterocycles. The minimum Gasteiger partial charge on any atom is -0.355 e. The first-order valence-electron chi connectivity index (χ1n) is 8.46. The van der Waals surface area contributed by atoms with E-state index in [-0.39, 0.29) is 11.5 Å². The molecule has 0 aliphatic rings. The number of nitrogens with one attached hydrogen (secondary N) is 1. The van der Waals surface area contributed by atoms with Crippen molar-refractivity contribution in [3.8, 4) is 0 Å². The molecule has 1 aromatic carbocycles. The van der Waals surface area contributed by atoms with Crippen LogP contribution in [0.5, 0.6) is 0 Å². The summed E-state index contributed by atoms with van der Waals surface area (Å²) in [4.78, 5) is 30.6. The highest BCUT2D eigenvalue weighted by atomic mass is 16.1. The zero-order valence-corrected chi connectivity index (χ0v) is 15.2. The van der Waals surface area contributed by atoms with Gasteiger partial charge in [0.05, 0.1) is 5.69 Å². The van der Waals surface area contributed by atoms with E-state index in [1.807, 2.05) is 56.4 Å². The van der Waals surface area contributed by atoms with Gasteiger partial charge in [-0.3, -0.25) is 18.9 Å². The zero-order valence-electron chi connectivity index (χ0n) is 15.2. The van der Waals surface area contributed by atoms with Crippen molar-refractivity contribution in [1.29, 1.82) is 0 Å². The lowest BCUT2D eigenvalue weighted by atomic mass is 10.1. The van der Waals surface area contributed by atoms with Crippen molar-refractivity contribution in [2.75, 3.05) is 14.1 Å². The average Bonchev–Trinajstić information content (AvgIpc) is 2.61. The van der Waals surface area contributed by atoms with Crippen LogP contribution in [0, 0.1) is 6.92 Å². The first-order valence-corrected chi connectivity index (χ1v) is 8.46. The molecule has 0 aliphatic carbocycles. The van der Waals surface area contributed by atoms with Gasteiger partial charge in [-0.15, -0.1) is 0 Å². The minimum absolute atomic E-state index is 0.0635. The standard InChI is InChI=1S/C20H22N4O2/c1-14-5-4-6-18-22-17(11-19(25)24(14)18)13-23(3)12-15-7-9-16(10-8-15)20(26)21-2/h4-11H,12-13H2,1-3H3,(H,21,26). The number of hydrogen-bond acceptors (Lipinski definition) is 4. The van der Waals surface area contributed by atoms with E-state index in [1.54, 1.807) is 17.5 Å². The van der Waals surface area contributed by atoms with Crippen LogP contribution >= 0.6 is 0 Å². The summed E-state index contributed by atoms with van der Waals surface area (Å²) in [6, 6.07) is 14.7. The number of carbonyl (C=O) groups excluding carboxylic acids is 1. The van der Waals surface area contributed by atoms with E-state index in [0.29, 0.717) is 24.3 Å². The maximum absolute atomic E-state index is 12.4. The largest absolute Gasteiger partial charge is 0.355 e. The third-order valence-corrected chi connectivity index (χ3v) is 4.26. The lowest BCUT2D eigenvalue weighted by Crippen LogP contribution is -2.22. The molecule has 0 radical (unpaired) electrons. The van der Waals surface area contributed by atoms with E-state index in [4.69, 9.17) is 0 Å². The molecule has 1 amide bonds. The van der Waals surface area contributed by atoms with E-state index in [1.165, 1.54) is 0 Å². The number of aromatic nitrogens is 2. The SMILES string of the molecule is CNC(=O)c1ccc(CN(C)Cc2cc(=O)n3c(C)cccc3n2)cc1. The molecule has 2 heterocycles. The van der Waals surface area contributed by atoms with Crippen molar-refractivity contribution in [3.63, 3.8) is 0 Å². The van der Waals surface area contributed by atoms with Gasteiger partial charge >= 0.3 is 0 Å². The highest BCUT2D eigenvalue weighted by molar-refractivity contribution is 5.93. The van der Waals surface area contributed by atoms with Crippen LogP contribution in [0.4, 0.5) is 0 Å². The Kier molecular flexibility index (Phi) is 5.14. The van der Waals surface area contributed by atoms with Crippen LogP contribution in [0.2, 0.25) is 0 Å². The molecule has 6 nitrogen and oxygen atoms in total. The number of rotatable bonds is 5. The number of aryl methyl sites for hydroxylation is 1. The number of nitrogens with zero attached hydrogens (tertiary/aromatic N) is 3. The molecule has 0 saturated carbocycles. The number of fused-ring (bicyclic) bond motifs is 1. The quantitative estimate of drug-likeness (QED) is 0.764. The number of hydrogen-bond donors (Lipinski definition) is 1. The number of amides is 1. The van der Waals surface area contributed by atoms with Gasteiger partial charge in [-0.05, 0) is 43.8 Å². The van der Waals surface area contributed by atoms with E-state index in [9.17, 15) is 9.59 Å². The third-order valence-electron chi connectivity index (χ3n) is 4.26. The minimum atomic E-state index is -0.0963. The Balaban J connectivity index is 1.74. The summed E-state index contributed by atoms with van der Waals surface area (Å²) in [5.41, 5.74) is 3.94. The molecule has 0 saturated heterocycles. The van der Waals surface area contributed by atoms with Gasteiger partial charge in [0.1, 0.15) is 5.65 Å². The fourth-order valence-corrected chi connectivity index (χ4v) is 2.99. The van der Waals surface area contributed by atoms with Crippen LogP contribution in [0.1, 0.15) is 27.3 Å². The van der Waals surface area contributed by atoms with Crippen LogP contribution in [0.15, 0.2) is 53.3 Å². The second-order valence-corrected chi connectivity index (χ2v) is 6.39. The highest BCUT2D eigenvalue weighted by Gasteiger charge is 2.08. The lowest BCUT2D eigenvalue weighted by Gasteiger charge is -2.17. The first kappa shape index (κ1) is 17.8. The summed E-state index contributed by atoms with van der Waals surface area (Å²) in [6.07, 6.45) is 0. The van der Waals surface area contributed by atoms with Crippen molar-refractivity contribution < 1.29 is 4.79 Å². The van der Waals surface area contributed by atoms with Crippen LogP contribution in [0.3, 0.4) is 0 Å². The Labute approximate surface area is 152 Å². The summed E-state index contributed by atoms with van der Waals surface area (Å²) < 4.78 is 1.61. The summed E-state index contributed by atoms with van der Waals surface area (Å²) in [5, 5.41) is 2.61. The van der Waals surface area contributed by atoms with Gasteiger partial charge in [0.15, 0.2) is 0 Å². The van der Waals surface area contributed by atoms with Crippen molar-refractivity contribution in [2.45, 2.75) is 20.0 Å². The van der Waals surface area contributed by atoms with Crippen LogP contribution in [-0.4, -0.2) is 34.3 Å². The second-order valence-electron chi connectivity index (χ2n) is 6.39. The predicted octanol–water partition coefficient (Wildman–Crippen LogP) is 1.99. The van der Waals surface area contributed by atoms with E-state index < -0.39 is 0 Å². The van der Waals surface area contributed by atoms with Crippen molar-refractivity contribution in [3.05, 3.63) is 81.4 Å². The highest BCUT2D eigenvalue weighted by Crippen LogP contribution is 2.10. The van der Waals surface area contributed by atoms with E-state index >= 15 is 0 Å². The summed E-state index contributed by atoms with van der Waals surface area (Å²) in [7, 11) is 3.59. The maximum atomic E-state index is 12.4. The Morgan fingerprint density at radius 1 is 1.15 bits per heavy atom. The molecule has 26 heavy (non-hydrogen) atoms. The van der Waals surface area contributed by atoms with Crippen LogP contribution in [0.25, 0.3) is 5.65 Å². The number of pyridine rings is 1. The Morgan fingerprint density at radius 2 is 1.88 bits per heavy atom. The van der Waals surface area contributed by atoms with E-state index in [2.05, 4.69) is 15.2 Å². The molecule has 0 unspecified atom stereocenters. The molecule has 134 valence electrons. The van der Waals surface area contributed by atoms with Gasteiger partial charge in [-0.2, -0.15) is 0 Å². The van der Waals surface area contributed by atoms with Crippen LogP contribution in [-0.2, 0) is 13.1 Å². The molecule has 0 atom stereocenters. The molecule has 0 bridgehead atoms. The van der Waals surface area contributed by atoms with Gasteiger partial charge in [-0.1, -0.05) is 18.2 Å². The fraction of sp³-hybridized carbons (Fsp3) is 0.250. The lowest BCUT2D eigenvalue weighted by molar-refractivity contribution is 0.0963. The monoisotopic (exact) mass is 350 g/mol. The summed E-state index contributed by atoms with van der Waals surface area (Å²) in [6.45, 7) is 3.16. The second kappa shape index (κ2) is 7.49. The number of carbonyl (C=O) groups is 1. The predicted molar refractivity (Wildman–Crippen MR) is 101 cm³/mol. The Bertz CT molecular complexity index is 993. The van der Waals surface area contributed by atoms with E-state index in [0.717, 1.165) is 17.0 Å². The maximum Gasteiger partial charge on any atom is 0.258 e. The first-order chi connectivity index (χ1) is 12.5. The summed E-state index contributed by atoms with van der Waals surface area (Å²) >= 11 is 0. The third kappa shape index (κ3) is 3.81. The molecule has 3 aromatic rings. The van der Waals surface area contributed by atoms with Gasteiger partial charge < -0.3 is 5.32 Å². The van der Waals surface area contributed by atoms with Crippen molar-refractivity contribution in [2.24, 2.45) is 0 Å². The Morgan fingerprint density at radius 3 is 2.58 bits per heavy atom. The molecule has 0 aliphatic heterocycles. The fourth-order valence-electron chi connectivity index (χ4n) is 2.99. The molecule has 3 rings (SSSR count). The van der Waals surface area contributed by atoms with Crippen LogP contribution < -0.4 is 10.9 Å². The topological polar surface area (TPSA) is 66.7 Å². The van der Waals surface area contributed by atoms with Crippen molar-refractivity contribution in [1.82, 2.24) is 19.6 Å². The van der Waals surface area contributed by atoms with Crippen molar-refractivity contribution >= 4 is 11.6 Å². The van der Waals surface area contributed by atoms with Gasteiger partial charge in [0.2, 0.25) is 0 Å². The molecule has 1 N–H and O–H groups in total. The molecular formula is C20H22N4O2. The molecular weight excluding hydrogens is 328 g/mol. The average molecular weight is 350 g/mol. The molecule has 0 fully saturated rings.